The highest BCUT2D eigenvalue weighted by atomic mass is 16.5. The first-order chi connectivity index (χ1) is 15.3. The number of aromatic nitrogens is 5. The van der Waals surface area contributed by atoms with Crippen LogP contribution >= 0.6 is 0 Å². The molecule has 31 heavy (non-hydrogen) atoms. The summed E-state index contributed by atoms with van der Waals surface area (Å²) in [5, 5.41) is 12.5. The van der Waals surface area contributed by atoms with E-state index >= 15 is 0 Å². The smallest absolute Gasteiger partial charge is 0.280 e. The summed E-state index contributed by atoms with van der Waals surface area (Å²) in [6, 6.07) is 19.8. The summed E-state index contributed by atoms with van der Waals surface area (Å²) < 4.78 is 7.17. The molecule has 0 spiro atoms. The molecule has 8 nitrogen and oxygen atoms in total. The van der Waals surface area contributed by atoms with Crippen molar-refractivity contribution < 1.29 is 9.32 Å². The number of nitrogens with zero attached hydrogens (tertiary/aromatic N) is 6. The molecular weight excluding hydrogens is 392 g/mol. The molecule has 8 heteroatoms. The van der Waals surface area contributed by atoms with Crippen molar-refractivity contribution in [2.75, 3.05) is 13.1 Å². The predicted octanol–water partition coefficient (Wildman–Crippen LogP) is 3.40. The zero-order valence-electron chi connectivity index (χ0n) is 17.0. The van der Waals surface area contributed by atoms with Gasteiger partial charge in [0.15, 0.2) is 5.69 Å². The van der Waals surface area contributed by atoms with Gasteiger partial charge in [-0.15, -0.1) is 5.10 Å². The molecule has 2 aromatic heterocycles. The maximum Gasteiger partial charge on any atom is 0.280 e. The number of likely N-dealkylation sites (tertiary alicyclic amines) is 1. The van der Waals surface area contributed by atoms with E-state index in [1.807, 2.05) is 59.6 Å². The Morgan fingerprint density at radius 3 is 2.65 bits per heavy atom. The molecule has 0 N–H and O–H groups in total. The molecule has 1 aliphatic rings. The van der Waals surface area contributed by atoms with Crippen LogP contribution in [0.2, 0.25) is 0 Å². The third-order valence-electron chi connectivity index (χ3n) is 5.55. The largest absolute Gasteiger partial charge is 0.340 e. The van der Waals surface area contributed by atoms with Crippen LogP contribution in [-0.2, 0) is 11.2 Å². The molecule has 0 radical (unpaired) electrons. The van der Waals surface area contributed by atoms with E-state index in [-0.39, 0.29) is 11.9 Å². The highest BCUT2D eigenvalue weighted by Crippen LogP contribution is 2.25. The Bertz CT molecular complexity index is 1160. The van der Waals surface area contributed by atoms with Gasteiger partial charge in [0.05, 0.1) is 12.2 Å². The molecule has 1 fully saturated rings. The standard InChI is InChI=1S/C23H22N6O2/c30-21(12-11-17-7-3-1-4-8-17)28-14-13-19(15-28)29-16-20(25-27-29)23-24-22(26-31-23)18-9-5-2-6-10-18/h1-10,16,19H,11-15H2. The van der Waals surface area contributed by atoms with Gasteiger partial charge in [-0.25, -0.2) is 4.68 Å². The molecule has 4 aromatic rings. The summed E-state index contributed by atoms with van der Waals surface area (Å²) in [6.45, 7) is 1.36. The van der Waals surface area contributed by atoms with E-state index < -0.39 is 0 Å². The van der Waals surface area contributed by atoms with Crippen LogP contribution in [0, 0.1) is 0 Å². The van der Waals surface area contributed by atoms with Crippen LogP contribution in [-0.4, -0.2) is 49.0 Å². The van der Waals surface area contributed by atoms with Crippen LogP contribution in [0.1, 0.15) is 24.4 Å². The number of rotatable bonds is 6. The number of carbonyl (C=O) groups excluding carboxylic acids is 1. The van der Waals surface area contributed by atoms with Gasteiger partial charge in [0, 0.05) is 25.1 Å². The Kier molecular flexibility index (Phi) is 5.26. The van der Waals surface area contributed by atoms with Crippen molar-refractivity contribution in [1.82, 2.24) is 30.0 Å². The number of hydrogen-bond acceptors (Lipinski definition) is 6. The molecule has 0 bridgehead atoms. The first-order valence-corrected chi connectivity index (χ1v) is 10.4. The minimum absolute atomic E-state index is 0.0958. The third-order valence-corrected chi connectivity index (χ3v) is 5.55. The number of benzene rings is 2. The normalized spacial score (nSPS) is 16.0. The van der Waals surface area contributed by atoms with Gasteiger partial charge in [0.2, 0.25) is 11.7 Å². The van der Waals surface area contributed by atoms with Crippen LogP contribution in [0.4, 0.5) is 0 Å². The van der Waals surface area contributed by atoms with Crippen molar-refractivity contribution in [3.8, 4) is 23.0 Å². The summed E-state index contributed by atoms with van der Waals surface area (Å²) in [7, 11) is 0. The summed E-state index contributed by atoms with van der Waals surface area (Å²) in [6.07, 6.45) is 3.93. The molecule has 0 aliphatic carbocycles. The maximum absolute atomic E-state index is 12.6. The van der Waals surface area contributed by atoms with Crippen molar-refractivity contribution in [2.45, 2.75) is 25.3 Å². The summed E-state index contributed by atoms with van der Waals surface area (Å²) in [5.41, 5.74) is 2.59. The van der Waals surface area contributed by atoms with E-state index in [1.165, 1.54) is 5.56 Å². The number of amides is 1. The Labute approximate surface area is 179 Å². The molecule has 3 heterocycles. The number of carbonyl (C=O) groups is 1. The Hall–Kier alpha value is -3.81. The Morgan fingerprint density at radius 1 is 1.06 bits per heavy atom. The maximum atomic E-state index is 12.6. The van der Waals surface area contributed by atoms with E-state index in [0.717, 1.165) is 24.9 Å². The Morgan fingerprint density at radius 2 is 1.84 bits per heavy atom. The molecular formula is C23H22N6O2. The number of hydrogen-bond donors (Lipinski definition) is 0. The average molecular weight is 414 g/mol. The SMILES string of the molecule is O=C(CCc1ccccc1)N1CCC(n2cc(-c3nc(-c4ccccc4)no3)nn2)C1. The lowest BCUT2D eigenvalue weighted by Crippen LogP contribution is -2.29. The third kappa shape index (κ3) is 4.23. The molecule has 1 saturated heterocycles. The van der Waals surface area contributed by atoms with Crippen molar-refractivity contribution in [1.29, 1.82) is 0 Å². The van der Waals surface area contributed by atoms with Gasteiger partial charge in [-0.2, -0.15) is 4.98 Å². The Balaban J connectivity index is 1.21. The first-order valence-electron chi connectivity index (χ1n) is 10.4. The molecule has 1 amide bonds. The van der Waals surface area contributed by atoms with Gasteiger partial charge in [-0.05, 0) is 18.4 Å². The first kappa shape index (κ1) is 19.2. The number of aryl methyl sites for hydroxylation is 1. The molecule has 1 atom stereocenters. The van der Waals surface area contributed by atoms with Crippen LogP contribution in [0.15, 0.2) is 71.4 Å². The minimum Gasteiger partial charge on any atom is -0.340 e. The van der Waals surface area contributed by atoms with E-state index in [0.29, 0.717) is 30.4 Å². The molecule has 5 rings (SSSR count). The average Bonchev–Trinajstić information content (AvgIpc) is 3.58. The van der Waals surface area contributed by atoms with Crippen LogP contribution in [0.5, 0.6) is 0 Å². The zero-order valence-corrected chi connectivity index (χ0v) is 17.0. The lowest BCUT2D eigenvalue weighted by Gasteiger charge is -2.16. The van der Waals surface area contributed by atoms with Gasteiger partial charge in [0.25, 0.3) is 5.89 Å². The molecule has 156 valence electrons. The van der Waals surface area contributed by atoms with E-state index in [4.69, 9.17) is 4.52 Å². The molecule has 1 aliphatic heterocycles. The highest BCUT2D eigenvalue weighted by Gasteiger charge is 2.28. The quantitative estimate of drug-likeness (QED) is 0.480. The van der Waals surface area contributed by atoms with Crippen molar-refractivity contribution >= 4 is 5.91 Å². The van der Waals surface area contributed by atoms with Crippen LogP contribution in [0.25, 0.3) is 23.0 Å². The molecule has 2 aromatic carbocycles. The topological polar surface area (TPSA) is 89.9 Å². The molecule has 0 saturated carbocycles. The van der Waals surface area contributed by atoms with Crippen LogP contribution < -0.4 is 0 Å². The summed E-state index contributed by atoms with van der Waals surface area (Å²) in [4.78, 5) is 18.9. The van der Waals surface area contributed by atoms with E-state index in [1.54, 1.807) is 4.68 Å². The fourth-order valence-electron chi connectivity index (χ4n) is 3.82. The van der Waals surface area contributed by atoms with Gasteiger partial charge in [-0.3, -0.25) is 4.79 Å². The summed E-state index contributed by atoms with van der Waals surface area (Å²) >= 11 is 0. The second kappa shape index (κ2) is 8.51. The lowest BCUT2D eigenvalue weighted by atomic mass is 10.1. The van der Waals surface area contributed by atoms with Gasteiger partial charge < -0.3 is 9.42 Å². The van der Waals surface area contributed by atoms with Crippen molar-refractivity contribution in [3.63, 3.8) is 0 Å². The van der Waals surface area contributed by atoms with E-state index in [9.17, 15) is 4.79 Å². The second-order valence-electron chi connectivity index (χ2n) is 7.64. The van der Waals surface area contributed by atoms with Gasteiger partial charge in [-0.1, -0.05) is 71.0 Å². The van der Waals surface area contributed by atoms with E-state index in [2.05, 4.69) is 32.6 Å². The van der Waals surface area contributed by atoms with Gasteiger partial charge in [0.1, 0.15) is 0 Å². The zero-order chi connectivity index (χ0) is 21.0. The fraction of sp³-hybridized carbons (Fsp3) is 0.261. The second-order valence-corrected chi connectivity index (χ2v) is 7.64. The molecule has 1 unspecified atom stereocenters. The minimum atomic E-state index is 0.0958. The van der Waals surface area contributed by atoms with Crippen molar-refractivity contribution in [2.24, 2.45) is 0 Å². The summed E-state index contributed by atoms with van der Waals surface area (Å²) in [5.74, 6) is 1.02. The van der Waals surface area contributed by atoms with Crippen LogP contribution in [0.3, 0.4) is 0 Å². The van der Waals surface area contributed by atoms with Gasteiger partial charge >= 0.3 is 0 Å². The fourth-order valence-corrected chi connectivity index (χ4v) is 3.82. The van der Waals surface area contributed by atoms with Crippen molar-refractivity contribution in [3.05, 3.63) is 72.4 Å². The lowest BCUT2D eigenvalue weighted by molar-refractivity contribution is -0.130. The monoisotopic (exact) mass is 414 g/mol. The highest BCUT2D eigenvalue weighted by molar-refractivity contribution is 5.76. The predicted molar refractivity (Wildman–Crippen MR) is 114 cm³/mol.